The van der Waals surface area contributed by atoms with E-state index in [9.17, 15) is 0 Å². The standard InChI is InChI=1S/C13H14ClN3/c1-8(2)13-16-11(7-12(15)17-13)9-5-3-4-6-10(9)14/h3-8H,1-2H3,(H2,15,16,17). The fourth-order valence-electron chi connectivity index (χ4n) is 1.55. The van der Waals surface area contributed by atoms with Gasteiger partial charge in [-0.15, -0.1) is 0 Å². The van der Waals surface area contributed by atoms with Gasteiger partial charge in [0.1, 0.15) is 11.6 Å². The Bertz CT molecular complexity index is 538. The number of anilines is 1. The normalized spacial score (nSPS) is 10.8. The minimum atomic E-state index is 0.236. The van der Waals surface area contributed by atoms with Crippen LogP contribution in [-0.4, -0.2) is 9.97 Å². The lowest BCUT2D eigenvalue weighted by Gasteiger charge is -2.09. The van der Waals surface area contributed by atoms with Crippen molar-refractivity contribution in [2.75, 3.05) is 5.73 Å². The molecule has 0 aliphatic rings. The Morgan fingerprint density at radius 1 is 1.18 bits per heavy atom. The summed E-state index contributed by atoms with van der Waals surface area (Å²) in [6.45, 7) is 4.07. The van der Waals surface area contributed by atoms with Crippen molar-refractivity contribution in [2.45, 2.75) is 19.8 Å². The third-order valence-electron chi connectivity index (χ3n) is 2.43. The van der Waals surface area contributed by atoms with Crippen LogP contribution in [0.5, 0.6) is 0 Å². The minimum absolute atomic E-state index is 0.236. The highest BCUT2D eigenvalue weighted by Gasteiger charge is 2.10. The molecule has 3 nitrogen and oxygen atoms in total. The summed E-state index contributed by atoms with van der Waals surface area (Å²) in [7, 11) is 0. The van der Waals surface area contributed by atoms with Crippen LogP contribution >= 0.6 is 11.6 Å². The lowest BCUT2D eigenvalue weighted by molar-refractivity contribution is 0.779. The van der Waals surface area contributed by atoms with Gasteiger partial charge in [-0.25, -0.2) is 9.97 Å². The summed E-state index contributed by atoms with van der Waals surface area (Å²) in [6.07, 6.45) is 0. The molecule has 0 unspecified atom stereocenters. The Morgan fingerprint density at radius 3 is 2.53 bits per heavy atom. The number of nitrogen functional groups attached to an aromatic ring is 1. The lowest BCUT2D eigenvalue weighted by Crippen LogP contribution is -2.02. The van der Waals surface area contributed by atoms with Gasteiger partial charge in [0.15, 0.2) is 0 Å². The smallest absolute Gasteiger partial charge is 0.133 e. The van der Waals surface area contributed by atoms with Gasteiger partial charge in [0, 0.05) is 22.6 Å². The highest BCUT2D eigenvalue weighted by molar-refractivity contribution is 6.33. The van der Waals surface area contributed by atoms with Gasteiger partial charge in [0.25, 0.3) is 0 Å². The summed E-state index contributed by atoms with van der Waals surface area (Å²) < 4.78 is 0. The maximum absolute atomic E-state index is 6.14. The van der Waals surface area contributed by atoms with Crippen LogP contribution < -0.4 is 5.73 Å². The Balaban J connectivity index is 2.56. The van der Waals surface area contributed by atoms with Gasteiger partial charge in [-0.3, -0.25) is 0 Å². The van der Waals surface area contributed by atoms with Gasteiger partial charge in [0.2, 0.25) is 0 Å². The van der Waals surface area contributed by atoms with Gasteiger partial charge in [-0.2, -0.15) is 0 Å². The topological polar surface area (TPSA) is 51.8 Å². The number of hydrogen-bond donors (Lipinski definition) is 1. The molecule has 0 radical (unpaired) electrons. The average Bonchev–Trinajstić information content (AvgIpc) is 2.28. The van der Waals surface area contributed by atoms with Crippen LogP contribution in [0.4, 0.5) is 5.82 Å². The van der Waals surface area contributed by atoms with E-state index in [0.717, 1.165) is 17.1 Å². The number of halogens is 1. The van der Waals surface area contributed by atoms with E-state index in [1.165, 1.54) is 0 Å². The molecule has 0 atom stereocenters. The van der Waals surface area contributed by atoms with Crippen molar-refractivity contribution in [3.8, 4) is 11.3 Å². The van der Waals surface area contributed by atoms with Crippen LogP contribution in [-0.2, 0) is 0 Å². The zero-order chi connectivity index (χ0) is 12.4. The van der Waals surface area contributed by atoms with Crippen molar-refractivity contribution in [1.82, 2.24) is 9.97 Å². The second-order valence-corrected chi connectivity index (χ2v) is 4.58. The van der Waals surface area contributed by atoms with Crippen molar-refractivity contribution in [1.29, 1.82) is 0 Å². The highest BCUT2D eigenvalue weighted by atomic mass is 35.5. The van der Waals surface area contributed by atoms with E-state index in [-0.39, 0.29) is 5.92 Å². The van der Waals surface area contributed by atoms with Crippen molar-refractivity contribution in [2.24, 2.45) is 0 Å². The SMILES string of the molecule is CC(C)c1nc(N)cc(-c2ccccc2Cl)n1. The first-order chi connectivity index (χ1) is 8.08. The average molecular weight is 248 g/mol. The Labute approximate surface area is 106 Å². The first-order valence-electron chi connectivity index (χ1n) is 5.47. The van der Waals surface area contributed by atoms with E-state index in [1.54, 1.807) is 6.07 Å². The Morgan fingerprint density at radius 2 is 1.88 bits per heavy atom. The number of nitrogens with two attached hydrogens (primary N) is 1. The molecule has 0 fully saturated rings. The number of rotatable bonds is 2. The van der Waals surface area contributed by atoms with E-state index in [4.69, 9.17) is 17.3 Å². The molecule has 88 valence electrons. The first kappa shape index (κ1) is 11.9. The predicted molar refractivity (Wildman–Crippen MR) is 71.0 cm³/mol. The lowest BCUT2D eigenvalue weighted by atomic mass is 10.1. The molecule has 1 aromatic carbocycles. The second-order valence-electron chi connectivity index (χ2n) is 4.17. The van der Waals surface area contributed by atoms with Crippen LogP contribution in [0.15, 0.2) is 30.3 Å². The van der Waals surface area contributed by atoms with Crippen molar-refractivity contribution in [3.05, 3.63) is 41.2 Å². The summed E-state index contributed by atoms with van der Waals surface area (Å²) in [5.41, 5.74) is 7.44. The zero-order valence-electron chi connectivity index (χ0n) is 9.81. The summed E-state index contributed by atoms with van der Waals surface area (Å²) in [6, 6.07) is 9.32. The monoisotopic (exact) mass is 247 g/mol. The molecule has 0 aliphatic heterocycles. The van der Waals surface area contributed by atoms with Crippen LogP contribution in [0.25, 0.3) is 11.3 Å². The van der Waals surface area contributed by atoms with Crippen molar-refractivity contribution < 1.29 is 0 Å². The fourth-order valence-corrected chi connectivity index (χ4v) is 1.78. The number of benzene rings is 1. The fraction of sp³-hybridized carbons (Fsp3) is 0.231. The van der Waals surface area contributed by atoms with Crippen LogP contribution in [0.1, 0.15) is 25.6 Å². The molecular weight excluding hydrogens is 234 g/mol. The molecule has 4 heteroatoms. The molecule has 0 bridgehead atoms. The van der Waals surface area contributed by atoms with Crippen molar-refractivity contribution in [3.63, 3.8) is 0 Å². The van der Waals surface area contributed by atoms with Gasteiger partial charge < -0.3 is 5.73 Å². The van der Waals surface area contributed by atoms with E-state index in [0.29, 0.717) is 10.8 Å². The van der Waals surface area contributed by atoms with Gasteiger partial charge in [-0.1, -0.05) is 43.6 Å². The van der Waals surface area contributed by atoms with Crippen LogP contribution in [0.2, 0.25) is 5.02 Å². The molecule has 2 N–H and O–H groups in total. The molecule has 1 heterocycles. The first-order valence-corrected chi connectivity index (χ1v) is 5.85. The van der Waals surface area contributed by atoms with E-state index in [2.05, 4.69) is 9.97 Å². The molecule has 0 amide bonds. The highest BCUT2D eigenvalue weighted by Crippen LogP contribution is 2.27. The predicted octanol–water partition coefficient (Wildman–Crippen LogP) is 3.50. The van der Waals surface area contributed by atoms with Gasteiger partial charge in [-0.05, 0) is 6.07 Å². The largest absolute Gasteiger partial charge is 0.384 e. The third-order valence-corrected chi connectivity index (χ3v) is 2.76. The summed E-state index contributed by atoms with van der Waals surface area (Å²) in [4.78, 5) is 8.70. The number of aromatic nitrogens is 2. The second kappa shape index (κ2) is 4.72. The molecule has 0 aliphatic carbocycles. The Kier molecular flexibility index (Phi) is 3.29. The third kappa shape index (κ3) is 2.56. The molecule has 2 aromatic rings. The van der Waals surface area contributed by atoms with E-state index < -0.39 is 0 Å². The van der Waals surface area contributed by atoms with E-state index >= 15 is 0 Å². The van der Waals surface area contributed by atoms with Gasteiger partial charge >= 0.3 is 0 Å². The molecular formula is C13H14ClN3. The zero-order valence-corrected chi connectivity index (χ0v) is 10.6. The molecule has 1 aromatic heterocycles. The van der Waals surface area contributed by atoms with E-state index in [1.807, 2.05) is 38.1 Å². The van der Waals surface area contributed by atoms with Crippen molar-refractivity contribution >= 4 is 17.4 Å². The molecule has 2 rings (SSSR count). The van der Waals surface area contributed by atoms with Crippen LogP contribution in [0, 0.1) is 0 Å². The Hall–Kier alpha value is -1.61. The minimum Gasteiger partial charge on any atom is -0.384 e. The molecule has 17 heavy (non-hydrogen) atoms. The summed E-state index contributed by atoms with van der Waals surface area (Å²) in [5, 5.41) is 0.667. The quantitative estimate of drug-likeness (QED) is 0.884. The summed E-state index contributed by atoms with van der Waals surface area (Å²) >= 11 is 6.14. The maximum Gasteiger partial charge on any atom is 0.133 e. The molecule has 0 saturated heterocycles. The summed E-state index contributed by atoms with van der Waals surface area (Å²) in [5.74, 6) is 1.44. The molecule has 0 spiro atoms. The number of nitrogens with zero attached hydrogens (tertiary/aromatic N) is 2. The van der Waals surface area contributed by atoms with Gasteiger partial charge in [0.05, 0.1) is 5.69 Å². The maximum atomic E-state index is 6.14. The number of hydrogen-bond acceptors (Lipinski definition) is 3. The molecule has 0 saturated carbocycles. The van der Waals surface area contributed by atoms with Crippen LogP contribution in [0.3, 0.4) is 0 Å².